The van der Waals surface area contributed by atoms with Crippen LogP contribution in [0.4, 0.5) is 0 Å². The first-order chi connectivity index (χ1) is 6.59. The molecule has 1 fully saturated rings. The van der Waals surface area contributed by atoms with Crippen LogP contribution >= 0.6 is 0 Å². The van der Waals surface area contributed by atoms with Crippen molar-refractivity contribution < 1.29 is 14.7 Å². The average molecular weight is 198 g/mol. The summed E-state index contributed by atoms with van der Waals surface area (Å²) in [6.07, 6.45) is 4.06. The molecule has 0 saturated carbocycles. The second-order valence-corrected chi connectivity index (χ2v) is 3.37. The van der Waals surface area contributed by atoms with Gasteiger partial charge in [0, 0.05) is 31.3 Å². The number of carboxylic acids is 1. The number of aliphatic carboxylic acids is 1. The topological polar surface area (TPSA) is 83.6 Å². The summed E-state index contributed by atoms with van der Waals surface area (Å²) in [5.74, 6) is -1.27. The van der Waals surface area contributed by atoms with Crippen molar-refractivity contribution in [2.75, 3.05) is 13.1 Å². The molecule has 0 atom stereocenters. The number of carbonyl (C=O) groups excluding carboxylic acids is 1. The van der Waals surface area contributed by atoms with Crippen molar-refractivity contribution in [3.05, 3.63) is 12.3 Å². The first-order valence-corrected chi connectivity index (χ1v) is 4.54. The van der Waals surface area contributed by atoms with Gasteiger partial charge in [-0.25, -0.2) is 4.79 Å². The minimum Gasteiger partial charge on any atom is -0.478 e. The third-order valence-corrected chi connectivity index (χ3v) is 2.36. The maximum atomic E-state index is 10.8. The van der Waals surface area contributed by atoms with Crippen LogP contribution in [-0.4, -0.2) is 35.0 Å². The Balaban J connectivity index is 2.36. The Morgan fingerprint density at radius 3 is 2.36 bits per heavy atom. The average Bonchev–Trinajstić information content (AvgIpc) is 2.15. The van der Waals surface area contributed by atoms with E-state index in [1.54, 1.807) is 6.20 Å². The maximum absolute atomic E-state index is 10.8. The molecule has 0 aromatic rings. The van der Waals surface area contributed by atoms with Crippen LogP contribution in [0, 0.1) is 5.92 Å². The summed E-state index contributed by atoms with van der Waals surface area (Å²) in [7, 11) is 0. The summed E-state index contributed by atoms with van der Waals surface area (Å²) in [6.45, 7) is 1.38. The molecule has 1 aliphatic rings. The monoisotopic (exact) mass is 198 g/mol. The van der Waals surface area contributed by atoms with Crippen LogP contribution in [0.25, 0.3) is 0 Å². The van der Waals surface area contributed by atoms with Crippen LogP contribution in [0.1, 0.15) is 12.8 Å². The highest BCUT2D eigenvalue weighted by Gasteiger charge is 2.21. The van der Waals surface area contributed by atoms with Crippen LogP contribution in [-0.2, 0) is 9.59 Å². The van der Waals surface area contributed by atoms with Gasteiger partial charge in [0.25, 0.3) is 0 Å². The number of nitrogens with zero attached hydrogens (tertiary/aromatic N) is 1. The van der Waals surface area contributed by atoms with Crippen molar-refractivity contribution in [1.29, 1.82) is 0 Å². The molecule has 0 aromatic heterocycles. The van der Waals surface area contributed by atoms with Crippen molar-refractivity contribution in [2.24, 2.45) is 11.7 Å². The number of carboxylic acid groups (broad SMARTS) is 1. The van der Waals surface area contributed by atoms with Crippen molar-refractivity contribution in [3.63, 3.8) is 0 Å². The molecule has 14 heavy (non-hydrogen) atoms. The van der Waals surface area contributed by atoms with Gasteiger partial charge < -0.3 is 15.7 Å². The minimum atomic E-state index is -0.956. The Morgan fingerprint density at radius 2 is 1.93 bits per heavy atom. The summed E-state index contributed by atoms with van der Waals surface area (Å²) in [5, 5.41) is 8.40. The second kappa shape index (κ2) is 4.64. The van der Waals surface area contributed by atoms with E-state index < -0.39 is 5.97 Å². The predicted molar refractivity (Wildman–Crippen MR) is 50.3 cm³/mol. The fraction of sp³-hybridized carbons (Fsp3) is 0.556. The fourth-order valence-electron chi connectivity index (χ4n) is 1.50. The second-order valence-electron chi connectivity index (χ2n) is 3.37. The molecule has 5 heteroatoms. The minimum absolute atomic E-state index is 0.0514. The third-order valence-electron chi connectivity index (χ3n) is 2.36. The van der Waals surface area contributed by atoms with Crippen LogP contribution in [0.5, 0.6) is 0 Å². The molecule has 0 unspecified atom stereocenters. The smallest absolute Gasteiger partial charge is 0.329 e. The molecule has 1 amide bonds. The van der Waals surface area contributed by atoms with Crippen LogP contribution in [0.15, 0.2) is 12.3 Å². The molecular formula is C9H14N2O3. The number of hydrogen-bond donors (Lipinski definition) is 2. The number of likely N-dealkylation sites (tertiary alicyclic amines) is 1. The Morgan fingerprint density at radius 1 is 1.36 bits per heavy atom. The lowest BCUT2D eigenvalue weighted by atomic mass is 9.97. The summed E-state index contributed by atoms with van der Waals surface area (Å²) in [4.78, 5) is 22.9. The number of piperidine rings is 1. The van der Waals surface area contributed by atoms with Gasteiger partial charge >= 0.3 is 5.97 Å². The van der Waals surface area contributed by atoms with Gasteiger partial charge in [-0.15, -0.1) is 0 Å². The molecule has 3 N–H and O–H groups in total. The number of carbonyl (C=O) groups is 2. The molecule has 0 radical (unpaired) electrons. The Labute approximate surface area is 82.2 Å². The molecule has 5 nitrogen and oxygen atoms in total. The predicted octanol–water partition coefficient (Wildman–Crippen LogP) is -0.218. The lowest BCUT2D eigenvalue weighted by Crippen LogP contribution is -2.35. The molecule has 78 valence electrons. The quantitative estimate of drug-likeness (QED) is 0.614. The Kier molecular flexibility index (Phi) is 3.50. The van der Waals surface area contributed by atoms with Gasteiger partial charge in [-0.3, -0.25) is 4.79 Å². The van der Waals surface area contributed by atoms with E-state index in [9.17, 15) is 9.59 Å². The summed E-state index contributed by atoms with van der Waals surface area (Å²) < 4.78 is 0. The van der Waals surface area contributed by atoms with E-state index in [0.29, 0.717) is 25.9 Å². The summed E-state index contributed by atoms with van der Waals surface area (Å²) in [5.41, 5.74) is 5.17. The highest BCUT2D eigenvalue weighted by atomic mass is 16.4. The molecular weight excluding hydrogens is 184 g/mol. The fourth-order valence-corrected chi connectivity index (χ4v) is 1.50. The molecule has 0 spiro atoms. The Bertz CT molecular complexity index is 255. The summed E-state index contributed by atoms with van der Waals surface area (Å²) >= 11 is 0. The Hall–Kier alpha value is -1.52. The van der Waals surface area contributed by atoms with E-state index in [1.807, 2.05) is 4.90 Å². The van der Waals surface area contributed by atoms with Gasteiger partial charge in [0.05, 0.1) is 0 Å². The normalized spacial score (nSPS) is 18.7. The third kappa shape index (κ3) is 3.08. The number of rotatable bonds is 3. The highest BCUT2D eigenvalue weighted by molar-refractivity contribution is 5.79. The van der Waals surface area contributed by atoms with Crippen LogP contribution < -0.4 is 5.73 Å². The van der Waals surface area contributed by atoms with Crippen molar-refractivity contribution in [2.45, 2.75) is 12.8 Å². The first-order valence-electron chi connectivity index (χ1n) is 4.54. The molecule has 1 rings (SSSR count). The van der Waals surface area contributed by atoms with Crippen molar-refractivity contribution in [3.8, 4) is 0 Å². The number of amides is 1. The van der Waals surface area contributed by atoms with Crippen molar-refractivity contribution >= 4 is 11.9 Å². The van der Waals surface area contributed by atoms with Gasteiger partial charge in [0.1, 0.15) is 0 Å². The van der Waals surface area contributed by atoms with Crippen molar-refractivity contribution in [1.82, 2.24) is 4.90 Å². The molecule has 0 bridgehead atoms. The SMILES string of the molecule is NC(=O)C1CCN(C=CC(=O)O)CC1. The zero-order valence-corrected chi connectivity index (χ0v) is 7.85. The molecule has 1 aliphatic heterocycles. The largest absolute Gasteiger partial charge is 0.478 e. The van der Waals surface area contributed by atoms with E-state index in [0.717, 1.165) is 6.08 Å². The zero-order valence-electron chi connectivity index (χ0n) is 7.85. The van der Waals surface area contributed by atoms with Crippen LogP contribution in [0.3, 0.4) is 0 Å². The van der Waals surface area contributed by atoms with Gasteiger partial charge in [-0.2, -0.15) is 0 Å². The number of nitrogens with two attached hydrogens (primary N) is 1. The van der Waals surface area contributed by atoms with Crippen LogP contribution in [0.2, 0.25) is 0 Å². The van der Waals surface area contributed by atoms with E-state index in [-0.39, 0.29) is 11.8 Å². The zero-order chi connectivity index (χ0) is 10.6. The highest BCUT2D eigenvalue weighted by Crippen LogP contribution is 2.16. The maximum Gasteiger partial charge on any atom is 0.329 e. The molecule has 1 saturated heterocycles. The van der Waals surface area contributed by atoms with E-state index in [1.165, 1.54) is 0 Å². The lowest BCUT2D eigenvalue weighted by Gasteiger charge is -2.29. The molecule has 0 aliphatic carbocycles. The molecule has 0 aromatic carbocycles. The van der Waals surface area contributed by atoms with Gasteiger partial charge in [-0.05, 0) is 12.8 Å². The van der Waals surface area contributed by atoms with Gasteiger partial charge in [-0.1, -0.05) is 0 Å². The first kappa shape index (κ1) is 10.6. The van der Waals surface area contributed by atoms with Gasteiger partial charge in [0.15, 0.2) is 0 Å². The standard InChI is InChI=1S/C9H14N2O3/c10-9(14)7-1-4-11(5-2-7)6-3-8(12)13/h3,6-7H,1-2,4-5H2,(H2,10,14)(H,12,13). The molecule has 1 heterocycles. The van der Waals surface area contributed by atoms with E-state index in [2.05, 4.69) is 0 Å². The van der Waals surface area contributed by atoms with E-state index in [4.69, 9.17) is 10.8 Å². The van der Waals surface area contributed by atoms with Gasteiger partial charge in [0.2, 0.25) is 5.91 Å². The summed E-state index contributed by atoms with van der Waals surface area (Å²) in [6, 6.07) is 0. The lowest BCUT2D eigenvalue weighted by molar-refractivity contribution is -0.131. The number of primary amides is 1. The number of hydrogen-bond acceptors (Lipinski definition) is 3. The van der Waals surface area contributed by atoms with E-state index >= 15 is 0 Å².